The summed E-state index contributed by atoms with van der Waals surface area (Å²) >= 11 is 6.71. The first-order valence-corrected chi connectivity index (χ1v) is 9.42. The van der Waals surface area contributed by atoms with Crippen LogP contribution in [0.4, 0.5) is 5.69 Å². The van der Waals surface area contributed by atoms with E-state index in [9.17, 15) is 4.79 Å². The lowest BCUT2D eigenvalue weighted by Gasteiger charge is -2.14. The molecule has 134 valence electrons. The maximum absolute atomic E-state index is 12.9. The van der Waals surface area contributed by atoms with Gasteiger partial charge in [0.2, 0.25) is 0 Å². The van der Waals surface area contributed by atoms with Crippen LogP contribution in [0.1, 0.15) is 18.1 Å². The first kappa shape index (κ1) is 18.5. The largest absolute Gasteiger partial charge is 0.492 e. The van der Waals surface area contributed by atoms with E-state index in [0.29, 0.717) is 27.3 Å². The van der Waals surface area contributed by atoms with Gasteiger partial charge in [-0.2, -0.15) is 0 Å². The zero-order valence-electron chi connectivity index (χ0n) is 14.8. The molecule has 0 aromatic heterocycles. The zero-order valence-corrected chi connectivity index (χ0v) is 16.4. The summed E-state index contributed by atoms with van der Waals surface area (Å²) in [4.78, 5) is 15.0. The minimum atomic E-state index is -0.132. The molecule has 6 heteroatoms. The van der Waals surface area contributed by atoms with Crippen LogP contribution in [-0.4, -0.2) is 23.9 Å². The fraction of sp³-hybridized carbons (Fsp3) is 0.200. The van der Waals surface area contributed by atoms with Crippen LogP contribution in [0.5, 0.6) is 11.5 Å². The zero-order chi connectivity index (χ0) is 18.7. The van der Waals surface area contributed by atoms with Crippen LogP contribution in [0, 0.1) is 6.92 Å². The summed E-state index contributed by atoms with van der Waals surface area (Å²) in [5, 5.41) is 0. The number of thioether (sulfide) groups is 1. The number of carbonyl (C=O) groups is 1. The normalized spacial score (nSPS) is 15.7. The van der Waals surface area contributed by atoms with Crippen LogP contribution in [0.2, 0.25) is 0 Å². The smallest absolute Gasteiger partial charge is 0.270 e. The van der Waals surface area contributed by atoms with Crippen LogP contribution in [0.3, 0.4) is 0 Å². The van der Waals surface area contributed by atoms with Gasteiger partial charge in [0.25, 0.3) is 5.91 Å². The van der Waals surface area contributed by atoms with Crippen molar-refractivity contribution in [1.29, 1.82) is 0 Å². The van der Waals surface area contributed by atoms with Gasteiger partial charge in [-0.3, -0.25) is 9.69 Å². The van der Waals surface area contributed by atoms with Crippen molar-refractivity contribution in [1.82, 2.24) is 0 Å². The monoisotopic (exact) mass is 385 g/mol. The van der Waals surface area contributed by atoms with Gasteiger partial charge < -0.3 is 9.47 Å². The predicted octanol–water partition coefficient (Wildman–Crippen LogP) is 4.81. The molecule has 26 heavy (non-hydrogen) atoms. The van der Waals surface area contributed by atoms with Gasteiger partial charge in [0.05, 0.1) is 24.3 Å². The SMILES string of the molecule is CCOc1cccc(/C=C2\SC(=S)N(c3ccc(C)cc3)C2=O)c1OC. The number of carbonyl (C=O) groups excluding carboxylic acids is 1. The maximum atomic E-state index is 12.9. The van der Waals surface area contributed by atoms with Gasteiger partial charge >= 0.3 is 0 Å². The summed E-state index contributed by atoms with van der Waals surface area (Å²) in [6.45, 7) is 4.46. The van der Waals surface area contributed by atoms with Crippen LogP contribution in [0.25, 0.3) is 6.08 Å². The quantitative estimate of drug-likeness (QED) is 0.546. The third kappa shape index (κ3) is 3.61. The Morgan fingerprint density at radius 1 is 1.19 bits per heavy atom. The van der Waals surface area contributed by atoms with Gasteiger partial charge in [0.15, 0.2) is 15.8 Å². The summed E-state index contributed by atoms with van der Waals surface area (Å²) in [6, 6.07) is 13.3. The Labute approximate surface area is 162 Å². The summed E-state index contributed by atoms with van der Waals surface area (Å²) in [7, 11) is 1.59. The highest BCUT2D eigenvalue weighted by molar-refractivity contribution is 8.27. The topological polar surface area (TPSA) is 38.8 Å². The van der Waals surface area contributed by atoms with E-state index in [1.165, 1.54) is 11.8 Å². The van der Waals surface area contributed by atoms with Crippen molar-refractivity contribution in [3.05, 3.63) is 58.5 Å². The second-order valence-electron chi connectivity index (χ2n) is 5.66. The number of ether oxygens (including phenoxy) is 2. The van der Waals surface area contributed by atoms with Gasteiger partial charge in [0.1, 0.15) is 0 Å². The number of para-hydroxylation sites is 1. The fourth-order valence-electron chi connectivity index (χ4n) is 2.66. The molecule has 0 atom stereocenters. The standard InChI is InChI=1S/C20H19NO3S2/c1-4-24-16-7-5-6-14(18(16)23-3)12-17-19(22)21(20(25)26-17)15-10-8-13(2)9-11-15/h5-12H,4H2,1-3H3/b17-12-. The number of aryl methyl sites for hydroxylation is 1. The van der Waals surface area contributed by atoms with E-state index in [-0.39, 0.29) is 5.91 Å². The number of nitrogens with zero attached hydrogens (tertiary/aromatic N) is 1. The van der Waals surface area contributed by atoms with Gasteiger partial charge in [-0.25, -0.2) is 0 Å². The molecule has 0 spiro atoms. The molecule has 1 saturated heterocycles. The number of hydrogen-bond donors (Lipinski definition) is 0. The fourth-order valence-corrected chi connectivity index (χ4v) is 3.95. The van der Waals surface area contributed by atoms with Crippen molar-refractivity contribution in [3.8, 4) is 11.5 Å². The van der Waals surface area contributed by atoms with E-state index < -0.39 is 0 Å². The first-order chi connectivity index (χ1) is 12.5. The molecule has 0 saturated carbocycles. The van der Waals surface area contributed by atoms with Crippen molar-refractivity contribution < 1.29 is 14.3 Å². The highest BCUT2D eigenvalue weighted by Crippen LogP contribution is 2.39. The van der Waals surface area contributed by atoms with Gasteiger partial charge in [0, 0.05) is 5.56 Å². The van der Waals surface area contributed by atoms with Crippen molar-refractivity contribution in [2.75, 3.05) is 18.6 Å². The number of benzene rings is 2. The molecule has 0 N–H and O–H groups in total. The Hall–Kier alpha value is -2.31. The molecule has 3 rings (SSSR count). The number of methoxy groups -OCH3 is 1. The molecule has 1 aliphatic rings. The number of anilines is 1. The molecule has 0 bridgehead atoms. The lowest BCUT2D eigenvalue weighted by atomic mass is 10.1. The van der Waals surface area contributed by atoms with Crippen LogP contribution in [0.15, 0.2) is 47.4 Å². The van der Waals surface area contributed by atoms with E-state index in [0.717, 1.165) is 16.8 Å². The lowest BCUT2D eigenvalue weighted by Crippen LogP contribution is -2.27. The maximum Gasteiger partial charge on any atom is 0.270 e. The first-order valence-electron chi connectivity index (χ1n) is 8.19. The van der Waals surface area contributed by atoms with E-state index in [1.807, 2.05) is 56.3 Å². The summed E-state index contributed by atoms with van der Waals surface area (Å²) < 4.78 is 11.6. The molecule has 0 radical (unpaired) electrons. The van der Waals surface area contributed by atoms with Crippen molar-refractivity contribution >= 4 is 46.0 Å². The summed E-state index contributed by atoms with van der Waals surface area (Å²) in [5.41, 5.74) is 2.69. The molecule has 1 heterocycles. The third-order valence-corrected chi connectivity index (χ3v) is 5.19. The average molecular weight is 386 g/mol. The lowest BCUT2D eigenvalue weighted by molar-refractivity contribution is -0.113. The van der Waals surface area contributed by atoms with Crippen LogP contribution < -0.4 is 14.4 Å². The Bertz CT molecular complexity index is 875. The number of hydrogen-bond acceptors (Lipinski definition) is 5. The molecule has 4 nitrogen and oxygen atoms in total. The van der Waals surface area contributed by atoms with Crippen molar-refractivity contribution in [2.24, 2.45) is 0 Å². The molecule has 1 fully saturated rings. The Kier molecular flexibility index (Phi) is 5.64. The second kappa shape index (κ2) is 7.93. The molecule has 2 aromatic carbocycles. The van der Waals surface area contributed by atoms with Gasteiger partial charge in [-0.05, 0) is 38.1 Å². The minimum absolute atomic E-state index is 0.132. The third-order valence-electron chi connectivity index (χ3n) is 3.89. The Morgan fingerprint density at radius 3 is 2.58 bits per heavy atom. The highest BCUT2D eigenvalue weighted by Gasteiger charge is 2.33. The van der Waals surface area contributed by atoms with Crippen molar-refractivity contribution in [3.63, 3.8) is 0 Å². The molecular formula is C20H19NO3S2. The molecular weight excluding hydrogens is 366 g/mol. The number of amides is 1. The molecule has 1 aliphatic heterocycles. The summed E-state index contributed by atoms with van der Waals surface area (Å²) in [5.74, 6) is 1.13. The van der Waals surface area contributed by atoms with Crippen LogP contribution >= 0.6 is 24.0 Å². The molecule has 1 amide bonds. The minimum Gasteiger partial charge on any atom is -0.492 e. The highest BCUT2D eigenvalue weighted by atomic mass is 32.2. The summed E-state index contributed by atoms with van der Waals surface area (Å²) in [6.07, 6.45) is 1.80. The molecule has 0 unspecified atom stereocenters. The molecule has 2 aromatic rings. The van der Waals surface area contributed by atoms with E-state index in [4.69, 9.17) is 21.7 Å². The van der Waals surface area contributed by atoms with Gasteiger partial charge in [-0.15, -0.1) is 0 Å². The average Bonchev–Trinajstić information content (AvgIpc) is 2.90. The number of rotatable bonds is 5. The molecule has 0 aliphatic carbocycles. The van der Waals surface area contributed by atoms with Crippen molar-refractivity contribution in [2.45, 2.75) is 13.8 Å². The second-order valence-corrected chi connectivity index (χ2v) is 7.34. The van der Waals surface area contributed by atoms with E-state index >= 15 is 0 Å². The van der Waals surface area contributed by atoms with E-state index in [1.54, 1.807) is 18.1 Å². The predicted molar refractivity (Wildman–Crippen MR) is 111 cm³/mol. The Balaban J connectivity index is 1.96. The van der Waals surface area contributed by atoms with E-state index in [2.05, 4.69) is 0 Å². The van der Waals surface area contributed by atoms with Crippen LogP contribution in [-0.2, 0) is 4.79 Å². The van der Waals surface area contributed by atoms with Gasteiger partial charge in [-0.1, -0.05) is 53.8 Å². The number of thiocarbonyl (C=S) groups is 1. The Morgan fingerprint density at radius 2 is 1.92 bits per heavy atom.